The van der Waals surface area contributed by atoms with Crippen molar-refractivity contribution in [3.8, 4) is 0 Å². The third kappa shape index (κ3) is 2.21. The van der Waals surface area contributed by atoms with E-state index >= 15 is 0 Å². The van der Waals surface area contributed by atoms with E-state index in [1.54, 1.807) is 6.20 Å². The van der Waals surface area contributed by atoms with Gasteiger partial charge in [-0.2, -0.15) is 5.10 Å². The summed E-state index contributed by atoms with van der Waals surface area (Å²) in [7, 11) is 0. The van der Waals surface area contributed by atoms with Gasteiger partial charge in [0.15, 0.2) is 0 Å². The molecule has 1 spiro atoms. The molecule has 122 valence electrons. The van der Waals surface area contributed by atoms with Crippen LogP contribution in [0, 0.1) is 0 Å². The molecule has 3 aliphatic rings. The normalized spacial score (nSPS) is 35.0. The first kappa shape index (κ1) is 14.6. The standard InChI is InChI=1S/C16H24N2O4/c19-15(6-2-3-7-16(15)21-9-10-22-16)13-11-17-18(12-13)14-5-1-4-8-20-14/h11-12,14,19H,1-10H2. The van der Waals surface area contributed by atoms with Crippen LogP contribution in [0.15, 0.2) is 12.4 Å². The molecule has 1 saturated carbocycles. The van der Waals surface area contributed by atoms with Gasteiger partial charge >= 0.3 is 0 Å². The highest BCUT2D eigenvalue weighted by Gasteiger charge is 2.57. The Kier molecular flexibility index (Phi) is 3.72. The number of hydrogen-bond donors (Lipinski definition) is 1. The van der Waals surface area contributed by atoms with Gasteiger partial charge in [0.2, 0.25) is 5.79 Å². The minimum atomic E-state index is -1.12. The molecule has 3 fully saturated rings. The van der Waals surface area contributed by atoms with Crippen molar-refractivity contribution in [1.82, 2.24) is 9.78 Å². The summed E-state index contributed by atoms with van der Waals surface area (Å²) >= 11 is 0. The number of aromatic nitrogens is 2. The molecule has 2 aliphatic heterocycles. The third-order valence-electron chi connectivity index (χ3n) is 5.21. The summed E-state index contributed by atoms with van der Waals surface area (Å²) < 4.78 is 19.3. The minimum Gasteiger partial charge on any atom is -0.379 e. The quantitative estimate of drug-likeness (QED) is 0.906. The molecule has 4 rings (SSSR count). The minimum absolute atomic E-state index is 0.0175. The summed E-state index contributed by atoms with van der Waals surface area (Å²) in [5, 5.41) is 15.8. The van der Waals surface area contributed by atoms with E-state index in [4.69, 9.17) is 14.2 Å². The summed E-state index contributed by atoms with van der Waals surface area (Å²) in [6.45, 7) is 1.87. The molecule has 1 aromatic rings. The van der Waals surface area contributed by atoms with Crippen LogP contribution in [-0.2, 0) is 19.8 Å². The van der Waals surface area contributed by atoms with Gasteiger partial charge in [0.05, 0.1) is 19.4 Å². The second-order valence-corrected chi connectivity index (χ2v) is 6.55. The van der Waals surface area contributed by atoms with Crippen LogP contribution >= 0.6 is 0 Å². The molecule has 2 unspecified atom stereocenters. The Morgan fingerprint density at radius 3 is 2.68 bits per heavy atom. The smallest absolute Gasteiger partial charge is 0.201 e. The van der Waals surface area contributed by atoms with E-state index in [0.29, 0.717) is 19.6 Å². The molecule has 0 radical (unpaired) electrons. The van der Waals surface area contributed by atoms with Gasteiger partial charge in [0.25, 0.3) is 0 Å². The van der Waals surface area contributed by atoms with Crippen molar-refractivity contribution in [1.29, 1.82) is 0 Å². The molecule has 1 N–H and O–H groups in total. The second kappa shape index (κ2) is 5.60. The Balaban J connectivity index is 1.63. The van der Waals surface area contributed by atoms with Crippen molar-refractivity contribution < 1.29 is 19.3 Å². The Bertz CT molecular complexity index is 520. The maximum atomic E-state index is 11.4. The van der Waals surface area contributed by atoms with Crippen LogP contribution in [0.2, 0.25) is 0 Å². The highest BCUT2D eigenvalue weighted by molar-refractivity contribution is 5.22. The molecular formula is C16H24N2O4. The Morgan fingerprint density at radius 1 is 1.09 bits per heavy atom. The molecule has 6 nitrogen and oxygen atoms in total. The first-order valence-electron chi connectivity index (χ1n) is 8.40. The zero-order valence-corrected chi connectivity index (χ0v) is 12.9. The largest absolute Gasteiger partial charge is 0.379 e. The van der Waals surface area contributed by atoms with E-state index in [-0.39, 0.29) is 6.23 Å². The van der Waals surface area contributed by atoms with Gasteiger partial charge in [-0.3, -0.25) is 0 Å². The summed E-state index contributed by atoms with van der Waals surface area (Å²) in [6, 6.07) is 0. The number of aliphatic hydroxyl groups is 1. The molecule has 2 atom stereocenters. The lowest BCUT2D eigenvalue weighted by atomic mass is 9.75. The number of rotatable bonds is 2. The van der Waals surface area contributed by atoms with Crippen LogP contribution < -0.4 is 0 Å². The first-order chi connectivity index (χ1) is 10.7. The molecular weight excluding hydrogens is 284 g/mol. The van der Waals surface area contributed by atoms with Crippen molar-refractivity contribution in [2.45, 2.75) is 62.6 Å². The lowest BCUT2D eigenvalue weighted by Gasteiger charge is -2.45. The summed E-state index contributed by atoms with van der Waals surface area (Å²) in [4.78, 5) is 0. The lowest BCUT2D eigenvalue weighted by molar-refractivity contribution is -0.292. The summed E-state index contributed by atoms with van der Waals surface area (Å²) in [6.07, 6.45) is 10.2. The number of ether oxygens (including phenoxy) is 3. The molecule has 6 heteroatoms. The van der Waals surface area contributed by atoms with E-state index in [0.717, 1.165) is 50.7 Å². The fourth-order valence-electron chi connectivity index (χ4n) is 3.98. The van der Waals surface area contributed by atoms with Crippen LogP contribution in [0.3, 0.4) is 0 Å². The van der Waals surface area contributed by atoms with Crippen LogP contribution in [0.1, 0.15) is 56.7 Å². The van der Waals surface area contributed by atoms with Crippen molar-refractivity contribution in [3.05, 3.63) is 18.0 Å². The number of nitrogens with zero attached hydrogens (tertiary/aromatic N) is 2. The average Bonchev–Trinajstić information content (AvgIpc) is 3.22. The van der Waals surface area contributed by atoms with Gasteiger partial charge < -0.3 is 19.3 Å². The highest BCUT2D eigenvalue weighted by atomic mass is 16.7. The zero-order valence-electron chi connectivity index (χ0n) is 12.9. The zero-order chi connectivity index (χ0) is 15.0. The van der Waals surface area contributed by atoms with Crippen molar-refractivity contribution in [2.75, 3.05) is 19.8 Å². The fraction of sp³-hybridized carbons (Fsp3) is 0.812. The summed E-state index contributed by atoms with van der Waals surface area (Å²) in [5.74, 6) is -0.896. The molecule has 3 heterocycles. The van der Waals surface area contributed by atoms with Gasteiger partial charge in [-0.15, -0.1) is 0 Å². The lowest BCUT2D eigenvalue weighted by Crippen LogP contribution is -2.54. The Morgan fingerprint density at radius 2 is 1.91 bits per heavy atom. The topological polar surface area (TPSA) is 65.7 Å². The Hall–Kier alpha value is -0.950. The SMILES string of the molecule is OC1(c2cnn(C3CCCCO3)c2)CCCCC12OCCO2. The fourth-order valence-corrected chi connectivity index (χ4v) is 3.98. The molecule has 1 aliphatic carbocycles. The predicted octanol–water partition coefficient (Wildman–Crippen LogP) is 2.09. The van der Waals surface area contributed by atoms with Crippen LogP contribution in [0.4, 0.5) is 0 Å². The van der Waals surface area contributed by atoms with Gasteiger partial charge in [0.1, 0.15) is 11.8 Å². The van der Waals surface area contributed by atoms with Gasteiger partial charge in [0, 0.05) is 24.8 Å². The predicted molar refractivity (Wildman–Crippen MR) is 78.1 cm³/mol. The maximum absolute atomic E-state index is 11.4. The second-order valence-electron chi connectivity index (χ2n) is 6.55. The average molecular weight is 308 g/mol. The van der Waals surface area contributed by atoms with E-state index in [9.17, 15) is 5.11 Å². The number of hydrogen-bond acceptors (Lipinski definition) is 5. The molecule has 1 aromatic heterocycles. The van der Waals surface area contributed by atoms with Crippen LogP contribution in [0.25, 0.3) is 0 Å². The molecule has 0 aromatic carbocycles. The van der Waals surface area contributed by atoms with Gasteiger partial charge in [-0.1, -0.05) is 0 Å². The highest BCUT2D eigenvalue weighted by Crippen LogP contribution is 2.49. The van der Waals surface area contributed by atoms with Crippen LogP contribution in [0.5, 0.6) is 0 Å². The molecule has 2 saturated heterocycles. The molecule has 0 bridgehead atoms. The molecule has 0 amide bonds. The van der Waals surface area contributed by atoms with E-state index < -0.39 is 11.4 Å². The summed E-state index contributed by atoms with van der Waals surface area (Å²) in [5.41, 5.74) is -0.336. The maximum Gasteiger partial charge on any atom is 0.201 e. The van der Waals surface area contributed by atoms with Crippen molar-refractivity contribution in [2.24, 2.45) is 0 Å². The van der Waals surface area contributed by atoms with E-state index in [1.807, 2.05) is 10.9 Å². The monoisotopic (exact) mass is 308 g/mol. The van der Waals surface area contributed by atoms with E-state index in [1.165, 1.54) is 0 Å². The Labute approximate surface area is 130 Å². The molecule has 22 heavy (non-hydrogen) atoms. The van der Waals surface area contributed by atoms with Crippen LogP contribution in [-0.4, -0.2) is 40.5 Å². The first-order valence-corrected chi connectivity index (χ1v) is 8.40. The van der Waals surface area contributed by atoms with Crippen molar-refractivity contribution in [3.63, 3.8) is 0 Å². The van der Waals surface area contributed by atoms with Gasteiger partial charge in [-0.05, 0) is 38.5 Å². The van der Waals surface area contributed by atoms with E-state index in [2.05, 4.69) is 5.10 Å². The van der Waals surface area contributed by atoms with Gasteiger partial charge in [-0.25, -0.2) is 4.68 Å². The van der Waals surface area contributed by atoms with Crippen molar-refractivity contribution >= 4 is 0 Å². The third-order valence-corrected chi connectivity index (χ3v) is 5.21.